The fourth-order valence-corrected chi connectivity index (χ4v) is 2.04. The molecule has 5 heteroatoms. The third kappa shape index (κ3) is 2.66. The molecular weight excluding hydrogens is 230 g/mol. The van der Waals surface area contributed by atoms with Gasteiger partial charge in [-0.05, 0) is 20.8 Å². The quantitative estimate of drug-likeness (QED) is 0.812. The summed E-state index contributed by atoms with van der Waals surface area (Å²) in [5.74, 6) is 2.51. The van der Waals surface area contributed by atoms with Crippen molar-refractivity contribution in [3.63, 3.8) is 0 Å². The lowest BCUT2D eigenvalue weighted by Gasteiger charge is -2.24. The maximum atomic E-state index is 5.72. The van der Waals surface area contributed by atoms with E-state index >= 15 is 0 Å². The molecule has 1 aromatic rings. The molecule has 104 valence electrons. The summed E-state index contributed by atoms with van der Waals surface area (Å²) in [5, 5.41) is 0. The Morgan fingerprint density at radius 3 is 2.11 bits per heavy atom. The number of hydrogen-bond donors (Lipinski definition) is 1. The van der Waals surface area contributed by atoms with Gasteiger partial charge in [-0.2, -0.15) is 0 Å². The van der Waals surface area contributed by atoms with Gasteiger partial charge in [-0.3, -0.25) is 0 Å². The minimum Gasteiger partial charge on any atom is -0.487 e. The van der Waals surface area contributed by atoms with E-state index in [1.165, 1.54) is 0 Å². The molecule has 0 aliphatic rings. The van der Waals surface area contributed by atoms with Gasteiger partial charge in [-0.15, -0.1) is 0 Å². The molecule has 0 aromatic carbocycles. The minimum atomic E-state index is 0.618. The van der Waals surface area contributed by atoms with E-state index in [0.29, 0.717) is 12.5 Å². The Bertz CT molecular complexity index is 371. The Labute approximate surface area is 110 Å². The molecule has 0 bridgehead atoms. The molecule has 0 spiro atoms. The van der Waals surface area contributed by atoms with Crippen LogP contribution in [0.1, 0.15) is 20.8 Å². The van der Waals surface area contributed by atoms with Crippen LogP contribution in [0.5, 0.6) is 11.6 Å². The lowest BCUT2D eigenvalue weighted by atomic mass is 10.3. The molecule has 5 nitrogen and oxygen atoms in total. The first-order valence-electron chi connectivity index (χ1n) is 6.45. The second-order valence-electron chi connectivity index (χ2n) is 4.18. The summed E-state index contributed by atoms with van der Waals surface area (Å²) < 4.78 is 11.1. The molecule has 0 atom stereocenters. The van der Waals surface area contributed by atoms with Gasteiger partial charge >= 0.3 is 0 Å². The molecule has 1 rings (SSSR count). The summed E-state index contributed by atoms with van der Waals surface area (Å²) in [4.78, 5) is 7.61. The Hall–Kier alpha value is -1.52. The molecule has 0 fully saturated rings. The van der Waals surface area contributed by atoms with Crippen molar-refractivity contribution in [3.8, 4) is 11.6 Å². The minimum absolute atomic E-state index is 0.618. The summed E-state index contributed by atoms with van der Waals surface area (Å²) in [5.41, 5.74) is 1.04. The zero-order chi connectivity index (χ0) is 13.7. The maximum absolute atomic E-state index is 5.72. The average molecular weight is 255 g/mol. The SMILES string of the molecule is CCOc1c(OC)[nH]c(N(CC)CC)c1N(C)C. The molecule has 1 heterocycles. The highest BCUT2D eigenvalue weighted by Gasteiger charge is 2.23. The van der Waals surface area contributed by atoms with Gasteiger partial charge in [-0.1, -0.05) is 0 Å². The molecule has 0 aliphatic carbocycles. The number of rotatable bonds is 7. The van der Waals surface area contributed by atoms with Crippen molar-refractivity contribution in [2.75, 3.05) is 50.7 Å². The summed E-state index contributed by atoms with van der Waals surface area (Å²) in [7, 11) is 5.68. The van der Waals surface area contributed by atoms with Crippen molar-refractivity contribution >= 4 is 11.5 Å². The zero-order valence-electron chi connectivity index (χ0n) is 12.3. The normalized spacial score (nSPS) is 10.3. The second kappa shape index (κ2) is 6.42. The largest absolute Gasteiger partial charge is 0.487 e. The van der Waals surface area contributed by atoms with Crippen LogP contribution in [0.2, 0.25) is 0 Å². The molecule has 0 aliphatic heterocycles. The van der Waals surface area contributed by atoms with E-state index in [2.05, 4.69) is 28.6 Å². The summed E-state index contributed by atoms with van der Waals surface area (Å²) in [6.07, 6.45) is 0. The third-order valence-corrected chi connectivity index (χ3v) is 2.90. The highest BCUT2D eigenvalue weighted by Crippen LogP contribution is 2.44. The number of nitrogens with one attached hydrogen (secondary N) is 1. The summed E-state index contributed by atoms with van der Waals surface area (Å²) in [6, 6.07) is 0. The Balaban J connectivity index is 3.32. The molecule has 1 aromatic heterocycles. The predicted molar refractivity (Wildman–Crippen MR) is 76.4 cm³/mol. The van der Waals surface area contributed by atoms with Crippen LogP contribution in [0.3, 0.4) is 0 Å². The van der Waals surface area contributed by atoms with E-state index in [9.17, 15) is 0 Å². The summed E-state index contributed by atoms with van der Waals surface area (Å²) >= 11 is 0. The Morgan fingerprint density at radius 2 is 1.72 bits per heavy atom. The molecular formula is C13H25N3O2. The number of ether oxygens (including phenoxy) is 2. The number of aromatic amines is 1. The number of H-pyrrole nitrogens is 1. The fourth-order valence-electron chi connectivity index (χ4n) is 2.04. The van der Waals surface area contributed by atoms with Gasteiger partial charge in [0.15, 0.2) is 0 Å². The van der Waals surface area contributed by atoms with Crippen LogP contribution in [0.4, 0.5) is 11.5 Å². The van der Waals surface area contributed by atoms with Gasteiger partial charge < -0.3 is 24.3 Å². The van der Waals surface area contributed by atoms with E-state index in [-0.39, 0.29) is 0 Å². The fraction of sp³-hybridized carbons (Fsp3) is 0.692. The third-order valence-electron chi connectivity index (χ3n) is 2.90. The zero-order valence-corrected chi connectivity index (χ0v) is 12.3. The first-order chi connectivity index (χ1) is 8.60. The maximum Gasteiger partial charge on any atom is 0.238 e. The molecule has 0 amide bonds. The van der Waals surface area contributed by atoms with Gasteiger partial charge in [0.1, 0.15) is 11.5 Å². The smallest absolute Gasteiger partial charge is 0.238 e. The topological polar surface area (TPSA) is 40.7 Å². The lowest BCUT2D eigenvalue weighted by molar-refractivity contribution is 0.309. The van der Waals surface area contributed by atoms with E-state index < -0.39 is 0 Å². The van der Waals surface area contributed by atoms with Crippen molar-refractivity contribution in [2.45, 2.75) is 20.8 Å². The van der Waals surface area contributed by atoms with Crippen molar-refractivity contribution in [2.24, 2.45) is 0 Å². The number of anilines is 2. The Morgan fingerprint density at radius 1 is 1.11 bits per heavy atom. The number of aromatic nitrogens is 1. The van der Waals surface area contributed by atoms with Crippen LogP contribution in [-0.4, -0.2) is 45.9 Å². The van der Waals surface area contributed by atoms with E-state index in [1.807, 2.05) is 21.0 Å². The van der Waals surface area contributed by atoms with Gasteiger partial charge in [-0.25, -0.2) is 0 Å². The molecule has 0 saturated heterocycles. The van der Waals surface area contributed by atoms with E-state index in [4.69, 9.17) is 9.47 Å². The number of nitrogens with zero attached hydrogens (tertiary/aromatic N) is 2. The predicted octanol–water partition coefficient (Wildman–Crippen LogP) is 2.33. The van der Waals surface area contributed by atoms with Crippen LogP contribution in [-0.2, 0) is 0 Å². The van der Waals surface area contributed by atoms with Gasteiger partial charge in [0, 0.05) is 27.2 Å². The monoisotopic (exact) mass is 255 g/mol. The van der Waals surface area contributed by atoms with Gasteiger partial charge in [0.2, 0.25) is 11.6 Å². The van der Waals surface area contributed by atoms with Gasteiger partial charge in [0.25, 0.3) is 0 Å². The first kappa shape index (κ1) is 14.5. The van der Waals surface area contributed by atoms with Crippen LogP contribution < -0.4 is 19.3 Å². The standard InChI is InChI=1S/C13H25N3O2/c1-7-16(8-2)12-10(15(4)5)11(18-9-3)13(14-12)17-6/h14H,7-9H2,1-6H3. The average Bonchev–Trinajstić information content (AvgIpc) is 2.70. The summed E-state index contributed by atoms with van der Waals surface area (Å²) in [6.45, 7) is 8.74. The molecule has 0 radical (unpaired) electrons. The molecule has 18 heavy (non-hydrogen) atoms. The van der Waals surface area contributed by atoms with Gasteiger partial charge in [0.05, 0.1) is 13.7 Å². The number of hydrogen-bond acceptors (Lipinski definition) is 4. The highest BCUT2D eigenvalue weighted by molar-refractivity contribution is 5.79. The highest BCUT2D eigenvalue weighted by atomic mass is 16.5. The van der Waals surface area contributed by atoms with Crippen LogP contribution >= 0.6 is 0 Å². The number of methoxy groups -OCH3 is 1. The van der Waals surface area contributed by atoms with Crippen LogP contribution in [0, 0.1) is 0 Å². The Kier molecular flexibility index (Phi) is 5.19. The van der Waals surface area contributed by atoms with Crippen molar-refractivity contribution in [1.82, 2.24) is 4.98 Å². The second-order valence-corrected chi connectivity index (χ2v) is 4.18. The van der Waals surface area contributed by atoms with E-state index in [1.54, 1.807) is 7.11 Å². The lowest BCUT2D eigenvalue weighted by Crippen LogP contribution is -2.24. The first-order valence-corrected chi connectivity index (χ1v) is 6.45. The van der Waals surface area contributed by atoms with Crippen LogP contribution in [0.15, 0.2) is 0 Å². The molecule has 0 unspecified atom stereocenters. The van der Waals surface area contributed by atoms with Crippen molar-refractivity contribution < 1.29 is 9.47 Å². The van der Waals surface area contributed by atoms with Crippen LogP contribution in [0.25, 0.3) is 0 Å². The van der Waals surface area contributed by atoms with Crippen molar-refractivity contribution in [3.05, 3.63) is 0 Å². The molecule has 1 N–H and O–H groups in total. The van der Waals surface area contributed by atoms with E-state index in [0.717, 1.165) is 30.3 Å². The molecule has 0 saturated carbocycles. The van der Waals surface area contributed by atoms with Crippen molar-refractivity contribution in [1.29, 1.82) is 0 Å².